The Balaban J connectivity index is 1.76. The second-order valence-corrected chi connectivity index (χ2v) is 4.62. The topological polar surface area (TPSA) is 80.6 Å². The molecule has 0 saturated heterocycles. The number of amides is 2. The Morgan fingerprint density at radius 1 is 1.09 bits per heavy atom. The van der Waals surface area contributed by atoms with Gasteiger partial charge in [0.15, 0.2) is 5.76 Å². The quantitative estimate of drug-likeness (QED) is 0.761. The molecule has 2 aromatic rings. The lowest BCUT2D eigenvalue weighted by atomic mass is 10.1. The maximum Gasteiger partial charge on any atom is 0.287 e. The van der Waals surface area contributed by atoms with E-state index in [2.05, 4.69) is 10.6 Å². The van der Waals surface area contributed by atoms with Gasteiger partial charge in [-0.25, -0.2) is 0 Å². The molecule has 2 rings (SSSR count). The fraction of sp³-hybridized carbons (Fsp3) is 0.250. The number of hydrogen-bond donors (Lipinski definition) is 2. The van der Waals surface area contributed by atoms with E-state index in [1.54, 1.807) is 31.4 Å². The fourth-order valence-electron chi connectivity index (χ4n) is 1.92. The van der Waals surface area contributed by atoms with Crippen molar-refractivity contribution in [1.29, 1.82) is 0 Å². The molecule has 0 aliphatic heterocycles. The lowest BCUT2D eigenvalue weighted by Crippen LogP contribution is -2.34. The lowest BCUT2D eigenvalue weighted by molar-refractivity contribution is 0.0910. The zero-order valence-electron chi connectivity index (χ0n) is 12.3. The van der Waals surface area contributed by atoms with Crippen LogP contribution in [0.25, 0.3) is 0 Å². The number of carbonyl (C=O) groups is 2. The van der Waals surface area contributed by atoms with Crippen LogP contribution >= 0.6 is 0 Å². The molecule has 6 nitrogen and oxygen atoms in total. The zero-order chi connectivity index (χ0) is 15.8. The zero-order valence-corrected chi connectivity index (χ0v) is 12.3. The molecule has 6 heteroatoms. The van der Waals surface area contributed by atoms with Crippen molar-refractivity contribution < 1.29 is 18.7 Å². The Labute approximate surface area is 128 Å². The molecule has 0 aliphatic carbocycles. The maximum absolute atomic E-state index is 12.0. The predicted molar refractivity (Wildman–Crippen MR) is 80.5 cm³/mol. The number of nitrogens with one attached hydrogen (secondary N) is 2. The van der Waals surface area contributed by atoms with Crippen LogP contribution in [0.4, 0.5) is 0 Å². The number of hydrogen-bond acceptors (Lipinski definition) is 4. The SMILES string of the molecule is COCc1cccc(C(=O)NCCNC(=O)c2ccco2)c1. The second-order valence-electron chi connectivity index (χ2n) is 4.62. The summed E-state index contributed by atoms with van der Waals surface area (Å²) in [7, 11) is 1.61. The molecule has 0 spiro atoms. The van der Waals surface area contributed by atoms with Crippen molar-refractivity contribution in [3.05, 3.63) is 59.5 Å². The normalized spacial score (nSPS) is 10.2. The van der Waals surface area contributed by atoms with E-state index in [9.17, 15) is 9.59 Å². The van der Waals surface area contributed by atoms with Crippen molar-refractivity contribution in [2.75, 3.05) is 20.2 Å². The van der Waals surface area contributed by atoms with Gasteiger partial charge in [-0.15, -0.1) is 0 Å². The first kappa shape index (κ1) is 15.8. The smallest absolute Gasteiger partial charge is 0.287 e. The number of rotatable bonds is 7. The Kier molecular flexibility index (Phi) is 5.73. The van der Waals surface area contributed by atoms with E-state index in [0.29, 0.717) is 25.3 Å². The summed E-state index contributed by atoms with van der Waals surface area (Å²) in [6, 6.07) is 10.4. The molecule has 0 fully saturated rings. The third-order valence-corrected chi connectivity index (χ3v) is 2.94. The van der Waals surface area contributed by atoms with Gasteiger partial charge in [-0.3, -0.25) is 9.59 Å². The van der Waals surface area contributed by atoms with Crippen LogP contribution in [0.2, 0.25) is 0 Å². The van der Waals surface area contributed by atoms with E-state index in [1.807, 2.05) is 12.1 Å². The first-order valence-corrected chi connectivity index (χ1v) is 6.88. The van der Waals surface area contributed by atoms with Crippen LogP contribution < -0.4 is 10.6 Å². The molecule has 1 aromatic heterocycles. The predicted octanol–water partition coefficient (Wildman–Crippen LogP) is 1.59. The summed E-state index contributed by atoms with van der Waals surface area (Å²) in [5.74, 6) is -0.245. The van der Waals surface area contributed by atoms with Crippen LogP contribution in [0.3, 0.4) is 0 Å². The highest BCUT2D eigenvalue weighted by Crippen LogP contribution is 2.06. The van der Waals surface area contributed by atoms with Crippen molar-refractivity contribution in [3.63, 3.8) is 0 Å². The minimum absolute atomic E-state index is 0.190. The monoisotopic (exact) mass is 302 g/mol. The minimum Gasteiger partial charge on any atom is -0.459 e. The van der Waals surface area contributed by atoms with Crippen LogP contribution in [-0.4, -0.2) is 32.0 Å². The Hall–Kier alpha value is -2.60. The van der Waals surface area contributed by atoms with Gasteiger partial charge in [-0.05, 0) is 29.8 Å². The van der Waals surface area contributed by atoms with Gasteiger partial charge in [0.1, 0.15) is 0 Å². The van der Waals surface area contributed by atoms with Crippen LogP contribution in [0.15, 0.2) is 47.1 Å². The van der Waals surface area contributed by atoms with Crippen LogP contribution in [0, 0.1) is 0 Å². The average molecular weight is 302 g/mol. The molecule has 2 amide bonds. The molecule has 1 aromatic carbocycles. The van der Waals surface area contributed by atoms with E-state index < -0.39 is 0 Å². The summed E-state index contributed by atoms with van der Waals surface area (Å²) in [6.45, 7) is 1.11. The highest BCUT2D eigenvalue weighted by molar-refractivity contribution is 5.94. The average Bonchev–Trinajstić information content (AvgIpc) is 3.06. The van der Waals surface area contributed by atoms with E-state index >= 15 is 0 Å². The molecule has 0 bridgehead atoms. The molecule has 2 N–H and O–H groups in total. The fourth-order valence-corrected chi connectivity index (χ4v) is 1.92. The lowest BCUT2D eigenvalue weighted by Gasteiger charge is -2.07. The number of furan rings is 1. The van der Waals surface area contributed by atoms with Crippen LogP contribution in [-0.2, 0) is 11.3 Å². The summed E-state index contributed by atoms with van der Waals surface area (Å²) < 4.78 is 10.0. The molecule has 116 valence electrons. The summed E-state index contributed by atoms with van der Waals surface area (Å²) in [6.07, 6.45) is 1.43. The molecule has 1 heterocycles. The Morgan fingerprint density at radius 3 is 2.55 bits per heavy atom. The molecule has 0 aliphatic rings. The first-order chi connectivity index (χ1) is 10.7. The minimum atomic E-state index is -0.304. The molecule has 0 atom stereocenters. The highest BCUT2D eigenvalue weighted by Gasteiger charge is 2.08. The number of ether oxygens (including phenoxy) is 1. The Morgan fingerprint density at radius 2 is 1.86 bits per heavy atom. The largest absolute Gasteiger partial charge is 0.459 e. The molecular weight excluding hydrogens is 284 g/mol. The van der Waals surface area contributed by atoms with Gasteiger partial charge in [0.25, 0.3) is 11.8 Å². The van der Waals surface area contributed by atoms with E-state index in [4.69, 9.17) is 9.15 Å². The second kappa shape index (κ2) is 7.99. The van der Waals surface area contributed by atoms with Crippen molar-refractivity contribution in [2.24, 2.45) is 0 Å². The van der Waals surface area contributed by atoms with Gasteiger partial charge < -0.3 is 19.8 Å². The van der Waals surface area contributed by atoms with Crippen molar-refractivity contribution in [2.45, 2.75) is 6.61 Å². The molecule has 0 unspecified atom stereocenters. The van der Waals surface area contributed by atoms with Gasteiger partial charge in [0, 0.05) is 25.8 Å². The number of methoxy groups -OCH3 is 1. The number of carbonyl (C=O) groups excluding carboxylic acids is 2. The summed E-state index contributed by atoms with van der Waals surface area (Å²) >= 11 is 0. The van der Waals surface area contributed by atoms with E-state index in [1.165, 1.54) is 6.26 Å². The molecule has 0 saturated carbocycles. The van der Waals surface area contributed by atoms with E-state index in [0.717, 1.165) is 5.56 Å². The first-order valence-electron chi connectivity index (χ1n) is 6.88. The summed E-state index contributed by atoms with van der Waals surface area (Å²) in [5, 5.41) is 5.40. The van der Waals surface area contributed by atoms with Gasteiger partial charge in [0.05, 0.1) is 12.9 Å². The van der Waals surface area contributed by atoms with Crippen molar-refractivity contribution in [3.8, 4) is 0 Å². The Bertz CT molecular complexity index is 623. The maximum atomic E-state index is 12.0. The van der Waals surface area contributed by atoms with E-state index in [-0.39, 0.29) is 17.6 Å². The van der Waals surface area contributed by atoms with Crippen LogP contribution in [0.5, 0.6) is 0 Å². The molecule has 22 heavy (non-hydrogen) atoms. The summed E-state index contributed by atoms with van der Waals surface area (Å²) in [5.41, 5.74) is 1.49. The van der Waals surface area contributed by atoms with Gasteiger partial charge >= 0.3 is 0 Å². The molecule has 0 radical (unpaired) electrons. The van der Waals surface area contributed by atoms with Crippen molar-refractivity contribution in [1.82, 2.24) is 10.6 Å². The van der Waals surface area contributed by atoms with Crippen LogP contribution in [0.1, 0.15) is 26.5 Å². The van der Waals surface area contributed by atoms with Crippen molar-refractivity contribution >= 4 is 11.8 Å². The van der Waals surface area contributed by atoms with Gasteiger partial charge in [-0.1, -0.05) is 12.1 Å². The third-order valence-electron chi connectivity index (χ3n) is 2.94. The van der Waals surface area contributed by atoms with Gasteiger partial charge in [0.2, 0.25) is 0 Å². The number of benzene rings is 1. The standard InChI is InChI=1S/C16H18N2O4/c1-21-11-12-4-2-5-13(10-12)15(19)17-7-8-18-16(20)14-6-3-9-22-14/h2-6,9-10H,7-8,11H2,1H3,(H,17,19)(H,18,20). The molecular formula is C16H18N2O4. The third kappa shape index (κ3) is 4.46. The van der Waals surface area contributed by atoms with Gasteiger partial charge in [-0.2, -0.15) is 0 Å². The summed E-state index contributed by atoms with van der Waals surface area (Å²) in [4.78, 5) is 23.6. The highest BCUT2D eigenvalue weighted by atomic mass is 16.5.